The Hall–Kier alpha value is -1.42. The summed E-state index contributed by atoms with van der Waals surface area (Å²) in [7, 11) is 3.90. The molecule has 1 fully saturated rings. The van der Waals surface area contributed by atoms with Gasteiger partial charge in [0.1, 0.15) is 5.60 Å². The Morgan fingerprint density at radius 1 is 1.13 bits per heavy atom. The Balaban J connectivity index is 2.22. The molecule has 1 aliphatic rings. The second-order valence-electron chi connectivity index (χ2n) is 7.56. The third-order valence-electron chi connectivity index (χ3n) is 4.30. The zero-order valence-electron chi connectivity index (χ0n) is 14.7. The Bertz CT molecular complexity index is 562. The zero-order valence-corrected chi connectivity index (χ0v) is 15.5. The molecule has 4 heteroatoms. The molecule has 0 heterocycles. The molecule has 3 nitrogen and oxygen atoms in total. The Labute approximate surface area is 145 Å². The number of rotatable bonds is 3. The van der Waals surface area contributed by atoms with E-state index in [1.54, 1.807) is 0 Å². The number of benzene rings is 1. The van der Waals surface area contributed by atoms with Gasteiger partial charge in [-0.05, 0) is 45.1 Å². The van der Waals surface area contributed by atoms with E-state index < -0.39 is 5.60 Å². The Morgan fingerprint density at radius 2 is 1.70 bits per heavy atom. The van der Waals surface area contributed by atoms with E-state index in [1.807, 2.05) is 45.8 Å². The first-order chi connectivity index (χ1) is 10.7. The van der Waals surface area contributed by atoms with Crippen molar-refractivity contribution in [2.75, 3.05) is 14.1 Å². The van der Waals surface area contributed by atoms with Crippen molar-refractivity contribution in [3.8, 4) is 0 Å². The van der Waals surface area contributed by atoms with Crippen LogP contribution in [0.25, 0.3) is 0 Å². The second-order valence-corrected chi connectivity index (χ2v) is 7.98. The van der Waals surface area contributed by atoms with Gasteiger partial charge in [-0.2, -0.15) is 0 Å². The highest BCUT2D eigenvalue weighted by Crippen LogP contribution is 2.44. The fraction of sp³-hybridized carbons (Fsp3) is 0.579. The van der Waals surface area contributed by atoms with Gasteiger partial charge in [0.25, 0.3) is 0 Å². The fourth-order valence-corrected chi connectivity index (χ4v) is 3.54. The van der Waals surface area contributed by atoms with Gasteiger partial charge in [0, 0.05) is 20.0 Å². The summed E-state index contributed by atoms with van der Waals surface area (Å²) in [4.78, 5) is 15.5. The van der Waals surface area contributed by atoms with Crippen molar-refractivity contribution in [2.45, 2.75) is 45.1 Å². The first kappa shape index (κ1) is 17.9. The van der Waals surface area contributed by atoms with Crippen LogP contribution in [0.5, 0.6) is 0 Å². The van der Waals surface area contributed by atoms with Crippen LogP contribution < -0.4 is 0 Å². The molecule has 0 aromatic heterocycles. The molecule has 1 aliphatic carbocycles. The third kappa shape index (κ3) is 4.54. The van der Waals surface area contributed by atoms with E-state index >= 15 is 0 Å². The highest BCUT2D eigenvalue weighted by molar-refractivity contribution is 7.80. The number of ether oxygens (including phenoxy) is 1. The standard InChI is InChI=1S/C19H27NO2S/c1-19(2,3)22-18(21)16-12-14(13-9-7-6-8-10-13)11-15(16)17(23)20(4)5/h6-10,14-16H,11-12H2,1-5H3/t14-,15+,16-/m1/s1. The Morgan fingerprint density at radius 3 is 2.22 bits per heavy atom. The van der Waals surface area contributed by atoms with Gasteiger partial charge in [-0.25, -0.2) is 0 Å². The van der Waals surface area contributed by atoms with Crippen molar-refractivity contribution in [1.29, 1.82) is 0 Å². The molecule has 1 aromatic carbocycles. The van der Waals surface area contributed by atoms with Crippen LogP contribution >= 0.6 is 12.2 Å². The predicted octanol–water partition coefficient (Wildman–Crippen LogP) is 4.03. The average Bonchev–Trinajstić information content (AvgIpc) is 2.90. The van der Waals surface area contributed by atoms with Crippen molar-refractivity contribution in [3.05, 3.63) is 35.9 Å². The summed E-state index contributed by atoms with van der Waals surface area (Å²) in [6.07, 6.45) is 1.71. The molecule has 23 heavy (non-hydrogen) atoms. The van der Waals surface area contributed by atoms with Crippen molar-refractivity contribution in [1.82, 2.24) is 4.90 Å². The van der Waals surface area contributed by atoms with E-state index in [2.05, 4.69) is 24.3 Å². The van der Waals surface area contributed by atoms with Crippen molar-refractivity contribution in [3.63, 3.8) is 0 Å². The van der Waals surface area contributed by atoms with Gasteiger partial charge < -0.3 is 9.64 Å². The van der Waals surface area contributed by atoms with Gasteiger partial charge in [0.15, 0.2) is 0 Å². The lowest BCUT2D eigenvalue weighted by Gasteiger charge is -2.27. The molecule has 0 unspecified atom stereocenters. The van der Waals surface area contributed by atoms with Gasteiger partial charge in [-0.15, -0.1) is 0 Å². The van der Waals surface area contributed by atoms with Crippen LogP contribution in [0, 0.1) is 11.8 Å². The molecular formula is C19H27NO2S. The first-order valence-corrected chi connectivity index (χ1v) is 8.59. The molecule has 0 N–H and O–H groups in total. The zero-order chi connectivity index (χ0) is 17.2. The van der Waals surface area contributed by atoms with Crippen LogP contribution in [0.2, 0.25) is 0 Å². The molecule has 1 saturated carbocycles. The minimum atomic E-state index is -0.466. The molecule has 0 saturated heterocycles. The van der Waals surface area contributed by atoms with Gasteiger partial charge in [0.05, 0.1) is 10.9 Å². The molecule has 0 amide bonds. The maximum Gasteiger partial charge on any atom is 0.310 e. The summed E-state index contributed by atoms with van der Waals surface area (Å²) < 4.78 is 5.65. The monoisotopic (exact) mass is 333 g/mol. The average molecular weight is 333 g/mol. The van der Waals surface area contributed by atoms with Crippen LogP contribution in [-0.2, 0) is 9.53 Å². The number of hydrogen-bond donors (Lipinski definition) is 0. The van der Waals surface area contributed by atoms with Gasteiger partial charge >= 0.3 is 5.97 Å². The lowest BCUT2D eigenvalue weighted by atomic mass is 9.95. The van der Waals surface area contributed by atoms with Crippen molar-refractivity contribution >= 4 is 23.2 Å². The third-order valence-corrected chi connectivity index (χ3v) is 4.97. The lowest BCUT2D eigenvalue weighted by Crippen LogP contribution is -2.36. The van der Waals surface area contributed by atoms with E-state index in [4.69, 9.17) is 17.0 Å². The number of carbonyl (C=O) groups excluding carboxylic acids is 1. The maximum absolute atomic E-state index is 12.7. The normalized spacial score (nSPS) is 24.3. The molecular weight excluding hydrogens is 306 g/mol. The fourth-order valence-electron chi connectivity index (χ4n) is 3.28. The number of thiocarbonyl (C=S) groups is 1. The molecule has 0 bridgehead atoms. The van der Waals surface area contributed by atoms with Crippen LogP contribution in [-0.4, -0.2) is 35.6 Å². The SMILES string of the molecule is CN(C)C(=S)[C@H]1C[C@@H](c2ccccc2)C[C@H]1C(=O)OC(C)(C)C. The predicted molar refractivity (Wildman–Crippen MR) is 97.5 cm³/mol. The molecule has 3 atom stereocenters. The summed E-state index contributed by atoms with van der Waals surface area (Å²) in [5.41, 5.74) is 0.816. The molecule has 1 aromatic rings. The van der Waals surface area contributed by atoms with Crippen molar-refractivity contribution in [2.24, 2.45) is 11.8 Å². The summed E-state index contributed by atoms with van der Waals surface area (Å²) in [6.45, 7) is 5.73. The smallest absolute Gasteiger partial charge is 0.310 e. The summed E-state index contributed by atoms with van der Waals surface area (Å²) in [5, 5.41) is 0. The molecule has 0 spiro atoms. The molecule has 0 radical (unpaired) electrons. The van der Waals surface area contributed by atoms with Gasteiger partial charge in [0.2, 0.25) is 0 Å². The molecule has 126 valence electrons. The quantitative estimate of drug-likeness (QED) is 0.617. The second kappa shape index (κ2) is 7.00. The lowest BCUT2D eigenvalue weighted by molar-refractivity contribution is -0.160. The highest BCUT2D eigenvalue weighted by Gasteiger charge is 2.43. The topological polar surface area (TPSA) is 29.5 Å². The van der Waals surface area contributed by atoms with Crippen LogP contribution in [0.3, 0.4) is 0 Å². The number of esters is 1. The van der Waals surface area contributed by atoms with E-state index in [9.17, 15) is 4.79 Å². The summed E-state index contributed by atoms with van der Waals surface area (Å²) in [6, 6.07) is 10.4. The van der Waals surface area contributed by atoms with E-state index in [-0.39, 0.29) is 17.8 Å². The summed E-state index contributed by atoms with van der Waals surface area (Å²) >= 11 is 5.60. The minimum Gasteiger partial charge on any atom is -0.460 e. The molecule has 2 rings (SSSR count). The first-order valence-electron chi connectivity index (χ1n) is 8.18. The van der Waals surface area contributed by atoms with E-state index in [0.29, 0.717) is 5.92 Å². The Kier molecular flexibility index (Phi) is 5.45. The van der Waals surface area contributed by atoms with Gasteiger partial charge in [-0.3, -0.25) is 4.79 Å². The van der Waals surface area contributed by atoms with E-state index in [1.165, 1.54) is 5.56 Å². The van der Waals surface area contributed by atoms with E-state index in [0.717, 1.165) is 17.8 Å². The van der Waals surface area contributed by atoms with Crippen molar-refractivity contribution < 1.29 is 9.53 Å². The summed E-state index contributed by atoms with van der Waals surface area (Å²) in [5.74, 6) is 0.149. The van der Waals surface area contributed by atoms with Crippen LogP contribution in [0.15, 0.2) is 30.3 Å². The number of carbonyl (C=O) groups is 1. The van der Waals surface area contributed by atoms with Gasteiger partial charge in [-0.1, -0.05) is 42.5 Å². The number of hydrogen-bond acceptors (Lipinski definition) is 3. The van der Waals surface area contributed by atoms with Crippen LogP contribution in [0.4, 0.5) is 0 Å². The number of nitrogens with zero attached hydrogens (tertiary/aromatic N) is 1. The molecule has 0 aliphatic heterocycles. The maximum atomic E-state index is 12.7. The largest absolute Gasteiger partial charge is 0.460 e. The highest BCUT2D eigenvalue weighted by atomic mass is 32.1. The minimum absolute atomic E-state index is 0.0695. The van der Waals surface area contributed by atoms with Crippen LogP contribution in [0.1, 0.15) is 45.1 Å².